The molecule has 6 nitrogen and oxygen atoms in total. The first kappa shape index (κ1) is 18.9. The van der Waals surface area contributed by atoms with Crippen molar-refractivity contribution < 1.29 is 19.0 Å². The van der Waals surface area contributed by atoms with Crippen molar-refractivity contribution in [2.45, 2.75) is 0 Å². The van der Waals surface area contributed by atoms with E-state index in [1.54, 1.807) is 30.3 Å². The largest absolute Gasteiger partial charge is 0.493 e. The summed E-state index contributed by atoms with van der Waals surface area (Å²) in [5.41, 5.74) is 0.750. The number of methoxy groups -OCH3 is 1. The standard InChI is InChI=1S/C19H14Cl2N2O4/c1-25-15-8-11(9-16-18(15)27-6-5-26-16)7-12(10-22)19(24)23-14-4-2-3-13(20)17(14)21/h2-4,7-9H,5-6H2,1H3,(H,23,24)/b12-7+. The highest BCUT2D eigenvalue weighted by Crippen LogP contribution is 2.40. The zero-order valence-electron chi connectivity index (χ0n) is 14.2. The number of ether oxygens (including phenoxy) is 3. The SMILES string of the molecule is COc1cc(/C=C(\C#N)C(=O)Nc2cccc(Cl)c2Cl)cc2c1OCCO2. The molecule has 1 aliphatic rings. The van der Waals surface area contributed by atoms with E-state index in [1.807, 2.05) is 6.07 Å². The molecule has 2 aromatic rings. The number of carbonyl (C=O) groups is 1. The predicted molar refractivity (Wildman–Crippen MR) is 103 cm³/mol. The molecule has 1 amide bonds. The normalized spacial score (nSPS) is 12.9. The Morgan fingerprint density at radius 3 is 2.81 bits per heavy atom. The monoisotopic (exact) mass is 404 g/mol. The Balaban J connectivity index is 1.91. The van der Waals surface area contributed by atoms with Gasteiger partial charge >= 0.3 is 0 Å². The van der Waals surface area contributed by atoms with Gasteiger partial charge in [0.15, 0.2) is 11.5 Å². The van der Waals surface area contributed by atoms with Crippen LogP contribution in [0.15, 0.2) is 35.9 Å². The molecule has 138 valence electrons. The average Bonchev–Trinajstić information content (AvgIpc) is 2.68. The summed E-state index contributed by atoms with van der Waals surface area (Å²) in [4.78, 5) is 12.5. The van der Waals surface area contributed by atoms with Gasteiger partial charge in [-0.05, 0) is 35.9 Å². The Kier molecular flexibility index (Phi) is 5.75. The third kappa shape index (κ3) is 4.11. The molecule has 1 aliphatic heterocycles. The van der Waals surface area contributed by atoms with E-state index < -0.39 is 5.91 Å². The summed E-state index contributed by atoms with van der Waals surface area (Å²) in [7, 11) is 1.50. The lowest BCUT2D eigenvalue weighted by atomic mass is 10.1. The van der Waals surface area contributed by atoms with E-state index in [2.05, 4.69) is 5.32 Å². The summed E-state index contributed by atoms with van der Waals surface area (Å²) < 4.78 is 16.4. The summed E-state index contributed by atoms with van der Waals surface area (Å²) in [6.07, 6.45) is 1.43. The van der Waals surface area contributed by atoms with E-state index in [9.17, 15) is 10.1 Å². The quantitative estimate of drug-likeness (QED) is 0.606. The van der Waals surface area contributed by atoms with Gasteiger partial charge in [-0.2, -0.15) is 5.26 Å². The second kappa shape index (κ2) is 8.21. The number of anilines is 1. The smallest absolute Gasteiger partial charge is 0.266 e. The highest BCUT2D eigenvalue weighted by Gasteiger charge is 2.19. The molecule has 3 rings (SSSR count). The second-order valence-corrected chi connectivity index (χ2v) is 6.26. The first-order chi connectivity index (χ1) is 13.0. The van der Waals surface area contributed by atoms with Crippen molar-refractivity contribution in [1.82, 2.24) is 0 Å². The molecule has 0 aliphatic carbocycles. The van der Waals surface area contributed by atoms with Crippen LogP contribution >= 0.6 is 23.2 Å². The second-order valence-electron chi connectivity index (χ2n) is 5.47. The number of nitriles is 1. The maximum atomic E-state index is 12.5. The zero-order valence-corrected chi connectivity index (χ0v) is 15.7. The van der Waals surface area contributed by atoms with Crippen LogP contribution in [0.3, 0.4) is 0 Å². The molecule has 0 radical (unpaired) electrons. The van der Waals surface area contributed by atoms with E-state index in [4.69, 9.17) is 37.4 Å². The lowest BCUT2D eigenvalue weighted by Crippen LogP contribution is -2.16. The van der Waals surface area contributed by atoms with Crippen LogP contribution in [0.4, 0.5) is 5.69 Å². The van der Waals surface area contributed by atoms with Crippen LogP contribution in [0, 0.1) is 11.3 Å². The van der Waals surface area contributed by atoms with Crippen LogP contribution in [0.1, 0.15) is 5.56 Å². The van der Waals surface area contributed by atoms with E-state index >= 15 is 0 Å². The average molecular weight is 405 g/mol. The Morgan fingerprint density at radius 1 is 1.30 bits per heavy atom. The Bertz CT molecular complexity index is 950. The molecule has 0 unspecified atom stereocenters. The van der Waals surface area contributed by atoms with E-state index in [0.717, 1.165) is 0 Å². The Morgan fingerprint density at radius 2 is 2.07 bits per heavy atom. The lowest BCUT2D eigenvalue weighted by molar-refractivity contribution is -0.112. The van der Waals surface area contributed by atoms with Crippen LogP contribution in [0.25, 0.3) is 6.08 Å². The molecule has 0 aromatic heterocycles. The predicted octanol–water partition coefficient (Wildman–Crippen LogP) is 4.32. The summed E-state index contributed by atoms with van der Waals surface area (Å²) in [6, 6.07) is 10.0. The molecule has 0 spiro atoms. The molecule has 27 heavy (non-hydrogen) atoms. The number of halogens is 2. The summed E-state index contributed by atoms with van der Waals surface area (Å²) in [5, 5.41) is 12.5. The number of hydrogen-bond donors (Lipinski definition) is 1. The first-order valence-corrected chi connectivity index (χ1v) is 8.64. The molecule has 0 saturated heterocycles. The number of amides is 1. The molecule has 2 aromatic carbocycles. The van der Waals surface area contributed by atoms with Crippen molar-refractivity contribution in [2.24, 2.45) is 0 Å². The molecule has 8 heteroatoms. The Hall–Kier alpha value is -2.88. The summed E-state index contributed by atoms with van der Waals surface area (Å²) in [5.74, 6) is 0.821. The van der Waals surface area contributed by atoms with Crippen molar-refractivity contribution in [3.05, 3.63) is 51.5 Å². The number of nitrogens with zero attached hydrogens (tertiary/aromatic N) is 1. The fraction of sp³-hybridized carbons (Fsp3) is 0.158. The maximum absolute atomic E-state index is 12.5. The highest BCUT2D eigenvalue weighted by atomic mass is 35.5. The molecule has 0 fully saturated rings. The third-order valence-electron chi connectivity index (χ3n) is 3.73. The molecule has 0 atom stereocenters. The number of hydrogen-bond acceptors (Lipinski definition) is 5. The van der Waals surface area contributed by atoms with Gasteiger partial charge in [0.05, 0.1) is 22.8 Å². The minimum absolute atomic E-state index is 0.121. The fourth-order valence-electron chi connectivity index (χ4n) is 2.48. The number of fused-ring (bicyclic) bond motifs is 1. The maximum Gasteiger partial charge on any atom is 0.266 e. The van der Waals surface area contributed by atoms with Gasteiger partial charge in [0, 0.05) is 0 Å². The first-order valence-electron chi connectivity index (χ1n) is 7.88. The van der Waals surface area contributed by atoms with E-state index in [0.29, 0.717) is 46.7 Å². The van der Waals surface area contributed by atoms with Gasteiger partial charge in [0.1, 0.15) is 24.9 Å². The number of rotatable bonds is 4. The summed E-state index contributed by atoms with van der Waals surface area (Å²) in [6.45, 7) is 0.826. The van der Waals surface area contributed by atoms with Gasteiger partial charge in [-0.3, -0.25) is 4.79 Å². The van der Waals surface area contributed by atoms with E-state index in [-0.39, 0.29) is 10.6 Å². The van der Waals surface area contributed by atoms with Crippen LogP contribution in [-0.4, -0.2) is 26.2 Å². The lowest BCUT2D eigenvalue weighted by Gasteiger charge is -2.21. The summed E-state index contributed by atoms with van der Waals surface area (Å²) >= 11 is 12.0. The zero-order chi connectivity index (χ0) is 19.4. The van der Waals surface area contributed by atoms with Gasteiger partial charge in [-0.15, -0.1) is 0 Å². The molecule has 1 heterocycles. The molecular weight excluding hydrogens is 391 g/mol. The molecule has 0 saturated carbocycles. The third-order valence-corrected chi connectivity index (χ3v) is 4.55. The van der Waals surface area contributed by atoms with Gasteiger partial charge in [0.25, 0.3) is 5.91 Å². The van der Waals surface area contributed by atoms with Crippen LogP contribution in [0.2, 0.25) is 10.0 Å². The number of nitrogens with one attached hydrogen (secondary N) is 1. The van der Waals surface area contributed by atoms with Crippen molar-refractivity contribution in [1.29, 1.82) is 5.26 Å². The number of benzene rings is 2. The van der Waals surface area contributed by atoms with Gasteiger partial charge in [-0.25, -0.2) is 0 Å². The minimum atomic E-state index is -0.615. The van der Waals surface area contributed by atoms with Crippen LogP contribution in [0.5, 0.6) is 17.2 Å². The van der Waals surface area contributed by atoms with Crippen molar-refractivity contribution in [3.63, 3.8) is 0 Å². The van der Waals surface area contributed by atoms with Crippen LogP contribution < -0.4 is 19.5 Å². The molecule has 0 bridgehead atoms. The fourth-order valence-corrected chi connectivity index (χ4v) is 2.83. The van der Waals surface area contributed by atoms with Crippen molar-refractivity contribution >= 4 is 40.9 Å². The highest BCUT2D eigenvalue weighted by molar-refractivity contribution is 6.44. The molecular formula is C19H14Cl2N2O4. The molecule has 1 N–H and O–H groups in total. The number of carbonyl (C=O) groups excluding carboxylic acids is 1. The van der Waals surface area contributed by atoms with Gasteiger partial charge in [0.2, 0.25) is 5.75 Å². The van der Waals surface area contributed by atoms with Gasteiger partial charge in [-0.1, -0.05) is 29.3 Å². The Labute approximate surface area is 165 Å². The van der Waals surface area contributed by atoms with E-state index in [1.165, 1.54) is 13.2 Å². The van der Waals surface area contributed by atoms with Crippen LogP contribution in [-0.2, 0) is 4.79 Å². The van der Waals surface area contributed by atoms with Crippen molar-refractivity contribution in [2.75, 3.05) is 25.6 Å². The minimum Gasteiger partial charge on any atom is -0.493 e. The van der Waals surface area contributed by atoms with Gasteiger partial charge < -0.3 is 19.5 Å². The van der Waals surface area contributed by atoms with Crippen molar-refractivity contribution in [3.8, 4) is 23.3 Å². The topological polar surface area (TPSA) is 80.6 Å².